The molecule has 2 aromatic rings. The number of ether oxygens (including phenoxy) is 1. The Morgan fingerprint density at radius 1 is 1.36 bits per heavy atom. The van der Waals surface area contributed by atoms with Crippen LogP contribution in [0, 0.1) is 0 Å². The van der Waals surface area contributed by atoms with Gasteiger partial charge >= 0.3 is 5.69 Å². The molecule has 2 aromatic heterocycles. The highest BCUT2D eigenvalue weighted by Crippen LogP contribution is 2.25. The normalized spacial score (nSPS) is 22.1. The van der Waals surface area contributed by atoms with Crippen molar-refractivity contribution in [3.8, 4) is 0 Å². The minimum absolute atomic E-state index is 0. The molecule has 0 bridgehead atoms. The number of morpholine rings is 1. The molecule has 2 aliphatic heterocycles. The average Bonchev–Trinajstić information content (AvgIpc) is 2.97. The van der Waals surface area contributed by atoms with Gasteiger partial charge in [-0.15, -0.1) is 12.4 Å². The molecule has 0 spiro atoms. The molecule has 2 aliphatic rings. The van der Waals surface area contributed by atoms with E-state index in [0.29, 0.717) is 18.8 Å². The van der Waals surface area contributed by atoms with Crippen molar-refractivity contribution in [3.63, 3.8) is 0 Å². The van der Waals surface area contributed by atoms with Crippen molar-refractivity contribution in [2.75, 3.05) is 44.3 Å². The molecule has 4 heterocycles. The van der Waals surface area contributed by atoms with E-state index in [4.69, 9.17) is 4.74 Å². The fourth-order valence-electron chi connectivity index (χ4n) is 3.66. The van der Waals surface area contributed by atoms with Gasteiger partial charge in [-0.05, 0) is 32.0 Å². The summed E-state index contributed by atoms with van der Waals surface area (Å²) in [7, 11) is 0. The van der Waals surface area contributed by atoms with Crippen molar-refractivity contribution in [3.05, 3.63) is 22.7 Å². The number of fused-ring (bicyclic) bond motifs is 1. The third-order valence-electron chi connectivity index (χ3n) is 4.94. The largest absolute Gasteiger partial charge is 0.394 e. The molecule has 25 heavy (non-hydrogen) atoms. The van der Waals surface area contributed by atoms with Crippen LogP contribution in [0.1, 0.15) is 18.9 Å². The Kier molecular flexibility index (Phi) is 5.63. The number of aromatic nitrogens is 3. The van der Waals surface area contributed by atoms with E-state index in [1.165, 1.54) is 0 Å². The summed E-state index contributed by atoms with van der Waals surface area (Å²) in [5.41, 5.74) is 2.37. The van der Waals surface area contributed by atoms with Crippen LogP contribution in [0.3, 0.4) is 0 Å². The van der Waals surface area contributed by atoms with E-state index in [-0.39, 0.29) is 36.8 Å². The molecule has 2 fully saturated rings. The zero-order valence-corrected chi connectivity index (χ0v) is 14.8. The molecule has 0 saturated carbocycles. The SMILES string of the molecule is Cl.O=c1[nH]c2ncc(N3CCO[C@H](CO)C3)cc2n1C1CCNCC1. The molecule has 0 unspecified atom stereocenters. The van der Waals surface area contributed by atoms with Crippen molar-refractivity contribution < 1.29 is 9.84 Å². The second-order valence-corrected chi connectivity index (χ2v) is 6.46. The fourth-order valence-corrected chi connectivity index (χ4v) is 3.66. The quantitative estimate of drug-likeness (QED) is 0.718. The second kappa shape index (κ2) is 7.74. The van der Waals surface area contributed by atoms with Crippen molar-refractivity contribution in [1.29, 1.82) is 0 Å². The molecule has 8 nitrogen and oxygen atoms in total. The Labute approximate surface area is 151 Å². The summed E-state index contributed by atoms with van der Waals surface area (Å²) < 4.78 is 7.37. The first-order chi connectivity index (χ1) is 11.8. The second-order valence-electron chi connectivity index (χ2n) is 6.46. The summed E-state index contributed by atoms with van der Waals surface area (Å²) >= 11 is 0. The number of halogens is 1. The maximum atomic E-state index is 12.4. The summed E-state index contributed by atoms with van der Waals surface area (Å²) in [5.74, 6) is 0. The highest BCUT2D eigenvalue weighted by Gasteiger charge is 2.23. The van der Waals surface area contributed by atoms with Crippen molar-refractivity contribution >= 4 is 29.3 Å². The monoisotopic (exact) mass is 369 g/mol. The predicted molar refractivity (Wildman–Crippen MR) is 97.8 cm³/mol. The number of aliphatic hydroxyl groups excluding tert-OH is 1. The third kappa shape index (κ3) is 3.52. The lowest BCUT2D eigenvalue weighted by molar-refractivity contribution is 0.00356. The summed E-state index contributed by atoms with van der Waals surface area (Å²) in [4.78, 5) is 21.9. The zero-order valence-electron chi connectivity index (χ0n) is 14.0. The Morgan fingerprint density at radius 3 is 2.92 bits per heavy atom. The van der Waals surface area contributed by atoms with Crippen LogP contribution in [0.4, 0.5) is 5.69 Å². The molecule has 2 saturated heterocycles. The zero-order chi connectivity index (χ0) is 16.5. The lowest BCUT2D eigenvalue weighted by Gasteiger charge is -2.33. The smallest absolute Gasteiger partial charge is 0.327 e. The Hall–Kier alpha value is -1.61. The minimum Gasteiger partial charge on any atom is -0.394 e. The van der Waals surface area contributed by atoms with E-state index >= 15 is 0 Å². The maximum absolute atomic E-state index is 12.4. The minimum atomic E-state index is -0.174. The van der Waals surface area contributed by atoms with Crippen LogP contribution < -0.4 is 15.9 Å². The van der Waals surface area contributed by atoms with E-state index in [0.717, 1.165) is 43.7 Å². The first-order valence-electron chi connectivity index (χ1n) is 8.54. The number of imidazole rings is 1. The molecular formula is C16H24ClN5O3. The number of nitrogens with one attached hydrogen (secondary N) is 2. The lowest BCUT2D eigenvalue weighted by atomic mass is 10.1. The van der Waals surface area contributed by atoms with Gasteiger partial charge in [-0.1, -0.05) is 0 Å². The van der Waals surface area contributed by atoms with Gasteiger partial charge in [-0.25, -0.2) is 9.78 Å². The first kappa shape index (κ1) is 18.2. The van der Waals surface area contributed by atoms with E-state index < -0.39 is 0 Å². The van der Waals surface area contributed by atoms with Crippen LogP contribution in [-0.2, 0) is 4.74 Å². The van der Waals surface area contributed by atoms with Gasteiger partial charge in [0.25, 0.3) is 0 Å². The van der Waals surface area contributed by atoms with Gasteiger partial charge in [0, 0.05) is 19.1 Å². The number of rotatable bonds is 3. The molecule has 0 amide bonds. The highest BCUT2D eigenvalue weighted by atomic mass is 35.5. The number of aromatic amines is 1. The van der Waals surface area contributed by atoms with Gasteiger partial charge in [0.05, 0.1) is 36.7 Å². The fraction of sp³-hybridized carbons (Fsp3) is 0.625. The topological polar surface area (TPSA) is 95.4 Å². The van der Waals surface area contributed by atoms with Crippen LogP contribution in [0.2, 0.25) is 0 Å². The van der Waals surface area contributed by atoms with Crippen LogP contribution in [0.25, 0.3) is 11.2 Å². The standard InChI is InChI=1S/C16H23N5O3.ClH/c22-10-13-9-20(5-6-24-13)12-7-14-15(18-8-12)19-16(23)21(14)11-1-3-17-4-2-11;/h7-8,11,13,17,22H,1-6,9-10H2,(H,18,19,23);1H/t13-;/m0./s1. The van der Waals surface area contributed by atoms with Gasteiger partial charge in [-0.2, -0.15) is 0 Å². The maximum Gasteiger partial charge on any atom is 0.327 e. The lowest BCUT2D eigenvalue weighted by Crippen LogP contribution is -2.44. The Morgan fingerprint density at radius 2 is 2.16 bits per heavy atom. The Balaban J connectivity index is 0.00000182. The number of piperidine rings is 1. The van der Waals surface area contributed by atoms with E-state index in [1.807, 2.05) is 10.6 Å². The van der Waals surface area contributed by atoms with Crippen LogP contribution in [-0.4, -0.2) is 65.1 Å². The van der Waals surface area contributed by atoms with Crippen LogP contribution in [0.5, 0.6) is 0 Å². The number of hydrogen-bond donors (Lipinski definition) is 3. The third-order valence-corrected chi connectivity index (χ3v) is 4.94. The number of anilines is 1. The summed E-state index contributed by atoms with van der Waals surface area (Å²) in [6.45, 7) is 3.84. The number of pyridine rings is 1. The van der Waals surface area contributed by atoms with Gasteiger partial charge in [0.15, 0.2) is 5.65 Å². The predicted octanol–water partition coefficient (Wildman–Crippen LogP) is 0.268. The molecule has 0 aromatic carbocycles. The molecule has 3 N–H and O–H groups in total. The molecule has 9 heteroatoms. The molecule has 0 radical (unpaired) electrons. The molecule has 1 atom stereocenters. The van der Waals surface area contributed by atoms with Crippen molar-refractivity contribution in [2.24, 2.45) is 0 Å². The molecular weight excluding hydrogens is 346 g/mol. The number of hydrogen-bond acceptors (Lipinski definition) is 6. The van der Waals surface area contributed by atoms with Gasteiger partial charge in [0.2, 0.25) is 0 Å². The van der Waals surface area contributed by atoms with E-state index in [2.05, 4.69) is 20.2 Å². The van der Waals surface area contributed by atoms with E-state index in [1.54, 1.807) is 6.20 Å². The van der Waals surface area contributed by atoms with E-state index in [9.17, 15) is 9.90 Å². The Bertz CT molecular complexity index is 771. The van der Waals surface area contributed by atoms with Gasteiger partial charge < -0.3 is 20.1 Å². The summed E-state index contributed by atoms with van der Waals surface area (Å²) in [5, 5.41) is 12.7. The van der Waals surface area contributed by atoms with Crippen LogP contribution in [0.15, 0.2) is 17.1 Å². The molecule has 4 rings (SSSR count). The summed E-state index contributed by atoms with van der Waals surface area (Å²) in [6, 6.07) is 2.24. The van der Waals surface area contributed by atoms with Crippen molar-refractivity contribution in [1.82, 2.24) is 19.9 Å². The highest BCUT2D eigenvalue weighted by molar-refractivity contribution is 5.85. The number of aliphatic hydroxyl groups is 1. The number of nitrogens with zero attached hydrogens (tertiary/aromatic N) is 3. The van der Waals surface area contributed by atoms with Gasteiger partial charge in [-0.3, -0.25) is 9.55 Å². The van der Waals surface area contributed by atoms with Crippen molar-refractivity contribution in [2.45, 2.75) is 25.0 Å². The van der Waals surface area contributed by atoms with Gasteiger partial charge in [0.1, 0.15) is 0 Å². The van der Waals surface area contributed by atoms with Crippen LogP contribution >= 0.6 is 12.4 Å². The summed E-state index contributed by atoms with van der Waals surface area (Å²) in [6.07, 6.45) is 3.50. The average molecular weight is 370 g/mol. The number of H-pyrrole nitrogens is 1. The molecule has 0 aliphatic carbocycles. The first-order valence-corrected chi connectivity index (χ1v) is 8.54. The molecule has 138 valence electrons.